The molecule has 2 rings (SSSR count). The molecular weight excluding hydrogens is 256 g/mol. The third kappa shape index (κ3) is 2.88. The van der Waals surface area contributed by atoms with Crippen LogP contribution in [0.1, 0.15) is 23.6 Å². The first-order valence-corrected chi connectivity index (χ1v) is 6.33. The lowest BCUT2D eigenvalue weighted by molar-refractivity contribution is -0.141. The van der Waals surface area contributed by atoms with Gasteiger partial charge in [0, 0.05) is 17.0 Å². The second-order valence-corrected chi connectivity index (χ2v) is 4.67. The minimum Gasteiger partial charge on any atom is -0.481 e. The maximum atomic E-state index is 11.3. The summed E-state index contributed by atoms with van der Waals surface area (Å²) in [6, 6.07) is 7.37. The number of benzene rings is 1. The quantitative estimate of drug-likeness (QED) is 0.864. The number of hydrogen-bond donors (Lipinski definition) is 1. The maximum absolute atomic E-state index is 11.3. The van der Waals surface area contributed by atoms with E-state index in [-0.39, 0.29) is 12.4 Å². The SMILES string of the molecule is COC(=O)C[C@H](N)c1cc2ccc(C)cc2nc1OC. The number of esters is 1. The van der Waals surface area contributed by atoms with Gasteiger partial charge in [-0.1, -0.05) is 12.1 Å². The molecule has 0 bridgehead atoms. The summed E-state index contributed by atoms with van der Waals surface area (Å²) < 4.78 is 9.93. The highest BCUT2D eigenvalue weighted by Crippen LogP contribution is 2.28. The lowest BCUT2D eigenvalue weighted by atomic mass is 10.0. The summed E-state index contributed by atoms with van der Waals surface area (Å²) in [6.45, 7) is 2.00. The van der Waals surface area contributed by atoms with Crippen molar-refractivity contribution in [2.75, 3.05) is 14.2 Å². The number of aryl methyl sites for hydroxylation is 1. The maximum Gasteiger partial charge on any atom is 0.307 e. The predicted octanol–water partition coefficient (Wildman–Crippen LogP) is 2.11. The molecule has 0 unspecified atom stereocenters. The Morgan fingerprint density at radius 2 is 2.10 bits per heavy atom. The van der Waals surface area contributed by atoms with Gasteiger partial charge in [0.2, 0.25) is 5.88 Å². The van der Waals surface area contributed by atoms with E-state index in [4.69, 9.17) is 10.5 Å². The van der Waals surface area contributed by atoms with Crippen molar-refractivity contribution in [3.63, 3.8) is 0 Å². The molecule has 2 N–H and O–H groups in total. The number of nitrogens with zero attached hydrogens (tertiary/aromatic N) is 1. The summed E-state index contributed by atoms with van der Waals surface area (Å²) >= 11 is 0. The normalized spacial score (nSPS) is 12.2. The van der Waals surface area contributed by atoms with Crippen LogP contribution < -0.4 is 10.5 Å². The van der Waals surface area contributed by atoms with Crippen molar-refractivity contribution >= 4 is 16.9 Å². The van der Waals surface area contributed by atoms with Gasteiger partial charge < -0.3 is 15.2 Å². The second-order valence-electron chi connectivity index (χ2n) is 4.67. The number of nitrogens with two attached hydrogens (primary N) is 1. The number of aromatic nitrogens is 1. The fourth-order valence-electron chi connectivity index (χ4n) is 2.08. The van der Waals surface area contributed by atoms with Crippen LogP contribution in [0.5, 0.6) is 5.88 Å². The molecule has 0 aliphatic rings. The highest BCUT2D eigenvalue weighted by molar-refractivity contribution is 5.81. The molecule has 0 amide bonds. The van der Waals surface area contributed by atoms with Crippen LogP contribution in [0.2, 0.25) is 0 Å². The third-order valence-corrected chi connectivity index (χ3v) is 3.17. The Morgan fingerprint density at radius 1 is 1.35 bits per heavy atom. The minimum absolute atomic E-state index is 0.0892. The van der Waals surface area contributed by atoms with E-state index >= 15 is 0 Å². The molecular formula is C15H18N2O3. The van der Waals surface area contributed by atoms with E-state index in [1.807, 2.05) is 31.2 Å². The van der Waals surface area contributed by atoms with Gasteiger partial charge in [-0.05, 0) is 24.6 Å². The Bertz CT molecular complexity index is 640. The summed E-state index contributed by atoms with van der Waals surface area (Å²) in [4.78, 5) is 15.8. The van der Waals surface area contributed by atoms with Gasteiger partial charge in [-0.3, -0.25) is 4.79 Å². The lowest BCUT2D eigenvalue weighted by Gasteiger charge is -2.15. The van der Waals surface area contributed by atoms with Crippen LogP contribution in [0, 0.1) is 6.92 Å². The van der Waals surface area contributed by atoms with E-state index in [0.717, 1.165) is 16.5 Å². The van der Waals surface area contributed by atoms with Crippen molar-refractivity contribution in [3.8, 4) is 5.88 Å². The highest BCUT2D eigenvalue weighted by atomic mass is 16.5. The number of carbonyl (C=O) groups excluding carboxylic acids is 1. The second kappa shape index (κ2) is 5.88. The van der Waals surface area contributed by atoms with Gasteiger partial charge in [0.05, 0.1) is 26.2 Å². The van der Waals surface area contributed by atoms with E-state index in [2.05, 4.69) is 9.72 Å². The smallest absolute Gasteiger partial charge is 0.307 e. The number of rotatable bonds is 4. The molecule has 0 saturated heterocycles. The Labute approximate surface area is 117 Å². The first-order valence-electron chi connectivity index (χ1n) is 6.33. The van der Waals surface area contributed by atoms with Gasteiger partial charge in [0.25, 0.3) is 0 Å². The molecule has 5 heteroatoms. The lowest BCUT2D eigenvalue weighted by Crippen LogP contribution is -2.17. The van der Waals surface area contributed by atoms with Crippen LogP contribution in [-0.2, 0) is 9.53 Å². The molecule has 20 heavy (non-hydrogen) atoms. The predicted molar refractivity (Wildman–Crippen MR) is 76.6 cm³/mol. The molecule has 0 fully saturated rings. The number of ether oxygens (including phenoxy) is 2. The minimum atomic E-state index is -0.504. The van der Waals surface area contributed by atoms with Crippen molar-refractivity contribution in [3.05, 3.63) is 35.4 Å². The molecule has 2 aromatic rings. The van der Waals surface area contributed by atoms with Gasteiger partial charge in [-0.15, -0.1) is 0 Å². The largest absolute Gasteiger partial charge is 0.481 e. The first-order chi connectivity index (χ1) is 9.55. The van der Waals surface area contributed by atoms with Gasteiger partial charge in [-0.2, -0.15) is 0 Å². The number of carbonyl (C=O) groups is 1. The molecule has 1 aromatic heterocycles. The molecule has 1 aromatic carbocycles. The van der Waals surface area contributed by atoms with E-state index in [1.165, 1.54) is 7.11 Å². The average molecular weight is 274 g/mol. The van der Waals surface area contributed by atoms with Crippen LogP contribution in [0.4, 0.5) is 0 Å². The van der Waals surface area contributed by atoms with Crippen LogP contribution in [0.3, 0.4) is 0 Å². The summed E-state index contributed by atoms with van der Waals surface area (Å²) in [5, 5.41) is 0.965. The Kier molecular flexibility index (Phi) is 4.20. The number of methoxy groups -OCH3 is 2. The van der Waals surface area contributed by atoms with Crippen LogP contribution in [0.25, 0.3) is 10.9 Å². The van der Waals surface area contributed by atoms with Gasteiger partial charge >= 0.3 is 5.97 Å². The summed E-state index contributed by atoms with van der Waals surface area (Å²) in [5.74, 6) is 0.0862. The summed E-state index contributed by atoms with van der Waals surface area (Å²) in [7, 11) is 2.88. The number of fused-ring (bicyclic) bond motifs is 1. The van der Waals surface area contributed by atoms with Gasteiger partial charge in [0.1, 0.15) is 0 Å². The number of hydrogen-bond acceptors (Lipinski definition) is 5. The molecule has 1 heterocycles. The zero-order valence-electron chi connectivity index (χ0n) is 11.8. The van der Waals surface area contributed by atoms with Crippen molar-refractivity contribution < 1.29 is 14.3 Å². The Hall–Kier alpha value is -2.14. The molecule has 0 aliphatic carbocycles. The zero-order valence-corrected chi connectivity index (χ0v) is 11.8. The molecule has 106 valence electrons. The fraction of sp³-hybridized carbons (Fsp3) is 0.333. The van der Waals surface area contributed by atoms with E-state index in [1.54, 1.807) is 7.11 Å². The van der Waals surface area contributed by atoms with Crippen molar-refractivity contribution in [1.29, 1.82) is 0 Å². The monoisotopic (exact) mass is 274 g/mol. The van der Waals surface area contributed by atoms with Crippen LogP contribution in [0.15, 0.2) is 24.3 Å². The Balaban J connectivity index is 2.46. The molecule has 0 spiro atoms. The molecule has 5 nitrogen and oxygen atoms in total. The van der Waals surface area contributed by atoms with Crippen molar-refractivity contribution in [2.24, 2.45) is 5.73 Å². The standard InChI is InChI=1S/C15H18N2O3/c1-9-4-5-10-7-11(12(16)8-14(18)19-2)15(20-3)17-13(10)6-9/h4-7,12H,8,16H2,1-3H3/t12-/m0/s1. The van der Waals surface area contributed by atoms with Crippen molar-refractivity contribution in [2.45, 2.75) is 19.4 Å². The number of pyridine rings is 1. The zero-order chi connectivity index (χ0) is 14.7. The van der Waals surface area contributed by atoms with Gasteiger partial charge in [0.15, 0.2) is 0 Å². The summed E-state index contributed by atoms with van der Waals surface area (Å²) in [6.07, 6.45) is 0.0892. The first kappa shape index (κ1) is 14.3. The van der Waals surface area contributed by atoms with E-state index in [0.29, 0.717) is 11.4 Å². The molecule has 1 atom stereocenters. The average Bonchev–Trinajstić information content (AvgIpc) is 2.45. The van der Waals surface area contributed by atoms with Crippen LogP contribution >= 0.6 is 0 Å². The fourth-order valence-corrected chi connectivity index (χ4v) is 2.08. The highest BCUT2D eigenvalue weighted by Gasteiger charge is 2.18. The topological polar surface area (TPSA) is 74.4 Å². The van der Waals surface area contributed by atoms with Crippen molar-refractivity contribution in [1.82, 2.24) is 4.98 Å². The Morgan fingerprint density at radius 3 is 2.75 bits per heavy atom. The van der Waals surface area contributed by atoms with E-state index in [9.17, 15) is 4.79 Å². The third-order valence-electron chi connectivity index (χ3n) is 3.17. The molecule has 0 aliphatic heterocycles. The molecule has 0 radical (unpaired) electrons. The van der Waals surface area contributed by atoms with Crippen LogP contribution in [-0.4, -0.2) is 25.2 Å². The summed E-state index contributed by atoms with van der Waals surface area (Å²) in [5.41, 5.74) is 8.72. The van der Waals surface area contributed by atoms with Gasteiger partial charge in [-0.25, -0.2) is 4.98 Å². The van der Waals surface area contributed by atoms with E-state index < -0.39 is 6.04 Å². The molecule has 0 saturated carbocycles.